The zero-order chi connectivity index (χ0) is 16.3. The van der Waals surface area contributed by atoms with Gasteiger partial charge in [0.2, 0.25) is 0 Å². The lowest BCUT2D eigenvalue weighted by atomic mass is 10.1. The molecule has 1 aromatic carbocycles. The van der Waals surface area contributed by atoms with Crippen molar-refractivity contribution in [3.05, 3.63) is 35.1 Å². The van der Waals surface area contributed by atoms with Gasteiger partial charge in [0, 0.05) is 17.7 Å². The molecule has 0 aliphatic carbocycles. The second-order valence-corrected chi connectivity index (χ2v) is 5.56. The third-order valence-electron chi connectivity index (χ3n) is 2.28. The number of nitrogen functional groups attached to an aromatic ring is 1. The quantitative estimate of drug-likeness (QED) is 0.349. The van der Waals surface area contributed by atoms with Crippen LogP contribution in [-0.4, -0.2) is 27.0 Å². The third-order valence-corrected chi connectivity index (χ3v) is 3.33. The standard InChI is InChI=1S/C10H12F4N4O2S/c11-8-3-6(9(15)16)1-2-7(8)4-17-21(19,20)18-5-10(12,13)14/h1-3,17-18H,4-5H2,(H3,15,16). The highest BCUT2D eigenvalue weighted by Gasteiger charge is 2.29. The van der Waals surface area contributed by atoms with E-state index in [9.17, 15) is 26.0 Å². The van der Waals surface area contributed by atoms with Gasteiger partial charge >= 0.3 is 6.18 Å². The van der Waals surface area contributed by atoms with Gasteiger partial charge in [0.15, 0.2) is 0 Å². The number of halogens is 4. The van der Waals surface area contributed by atoms with Crippen LogP contribution in [-0.2, 0) is 16.8 Å². The van der Waals surface area contributed by atoms with Gasteiger partial charge in [-0.3, -0.25) is 5.41 Å². The molecule has 1 aromatic rings. The number of benzene rings is 1. The summed E-state index contributed by atoms with van der Waals surface area (Å²) in [5.74, 6) is -1.20. The second-order valence-electron chi connectivity index (χ2n) is 3.98. The first-order valence-electron chi connectivity index (χ1n) is 5.44. The average molecular weight is 328 g/mol. The van der Waals surface area contributed by atoms with Crippen LogP contribution in [0, 0.1) is 11.2 Å². The zero-order valence-corrected chi connectivity index (χ0v) is 11.3. The summed E-state index contributed by atoms with van der Waals surface area (Å²) in [6.45, 7) is -2.27. The highest BCUT2D eigenvalue weighted by atomic mass is 32.2. The Bertz CT molecular complexity index is 630. The van der Waals surface area contributed by atoms with Gasteiger partial charge in [-0.15, -0.1) is 0 Å². The molecule has 21 heavy (non-hydrogen) atoms. The van der Waals surface area contributed by atoms with Gasteiger partial charge in [-0.2, -0.15) is 31.0 Å². The van der Waals surface area contributed by atoms with Crippen LogP contribution in [0.15, 0.2) is 18.2 Å². The first kappa shape index (κ1) is 17.3. The molecule has 0 saturated carbocycles. The molecule has 0 amide bonds. The Kier molecular flexibility index (Phi) is 5.25. The summed E-state index contributed by atoms with van der Waals surface area (Å²) >= 11 is 0. The Morgan fingerprint density at radius 3 is 2.38 bits per heavy atom. The summed E-state index contributed by atoms with van der Waals surface area (Å²) in [4.78, 5) is 0. The molecular weight excluding hydrogens is 316 g/mol. The lowest BCUT2D eigenvalue weighted by Crippen LogP contribution is -2.41. The topological polar surface area (TPSA) is 108 Å². The van der Waals surface area contributed by atoms with Crippen molar-refractivity contribution in [1.82, 2.24) is 9.44 Å². The van der Waals surface area contributed by atoms with Gasteiger partial charge in [-0.05, 0) is 6.07 Å². The van der Waals surface area contributed by atoms with Crippen molar-refractivity contribution in [2.45, 2.75) is 12.7 Å². The van der Waals surface area contributed by atoms with E-state index in [-0.39, 0.29) is 17.0 Å². The summed E-state index contributed by atoms with van der Waals surface area (Å²) in [6, 6.07) is 3.39. The number of alkyl halides is 3. The molecule has 0 aromatic heterocycles. The average Bonchev–Trinajstić information content (AvgIpc) is 2.34. The van der Waals surface area contributed by atoms with Gasteiger partial charge in [0.1, 0.15) is 18.2 Å². The van der Waals surface area contributed by atoms with Crippen molar-refractivity contribution in [2.24, 2.45) is 5.73 Å². The Morgan fingerprint density at radius 2 is 1.90 bits per heavy atom. The summed E-state index contributed by atoms with van der Waals surface area (Å²) < 4.78 is 74.8. The molecule has 0 fully saturated rings. The highest BCUT2D eigenvalue weighted by Crippen LogP contribution is 2.13. The summed E-state index contributed by atoms with van der Waals surface area (Å²) in [7, 11) is -4.41. The van der Waals surface area contributed by atoms with E-state index in [2.05, 4.69) is 0 Å². The van der Waals surface area contributed by atoms with Gasteiger partial charge in [0.05, 0.1) is 0 Å². The van der Waals surface area contributed by atoms with Crippen molar-refractivity contribution in [1.29, 1.82) is 5.41 Å². The first-order chi connectivity index (χ1) is 9.50. The fourth-order valence-electron chi connectivity index (χ4n) is 1.26. The summed E-state index contributed by atoms with van der Waals surface area (Å²) in [5, 5.41) is 7.10. The van der Waals surface area contributed by atoms with Crippen LogP contribution >= 0.6 is 0 Å². The first-order valence-corrected chi connectivity index (χ1v) is 6.92. The van der Waals surface area contributed by atoms with Crippen LogP contribution in [0.1, 0.15) is 11.1 Å². The van der Waals surface area contributed by atoms with E-state index < -0.39 is 35.3 Å². The van der Waals surface area contributed by atoms with Crippen molar-refractivity contribution in [2.75, 3.05) is 6.54 Å². The highest BCUT2D eigenvalue weighted by molar-refractivity contribution is 7.87. The normalized spacial score (nSPS) is 12.4. The van der Waals surface area contributed by atoms with Crippen LogP contribution in [0.3, 0.4) is 0 Å². The van der Waals surface area contributed by atoms with Crippen molar-refractivity contribution >= 4 is 16.0 Å². The van der Waals surface area contributed by atoms with Gasteiger partial charge in [-0.1, -0.05) is 12.1 Å². The molecule has 0 saturated heterocycles. The van der Waals surface area contributed by atoms with Gasteiger partial charge < -0.3 is 5.73 Å². The number of hydrogen-bond donors (Lipinski definition) is 4. The number of nitrogens with two attached hydrogens (primary N) is 1. The molecule has 5 N–H and O–H groups in total. The third kappa shape index (κ3) is 6.06. The maximum atomic E-state index is 13.6. The second kappa shape index (κ2) is 6.37. The molecule has 11 heteroatoms. The number of rotatable bonds is 6. The molecule has 0 bridgehead atoms. The Balaban J connectivity index is 2.69. The maximum absolute atomic E-state index is 13.6. The Labute approximate surface area is 118 Å². The maximum Gasteiger partial charge on any atom is 0.402 e. The van der Waals surface area contributed by atoms with Crippen molar-refractivity contribution in [3.8, 4) is 0 Å². The van der Waals surface area contributed by atoms with Crippen LogP contribution in [0.5, 0.6) is 0 Å². The molecule has 0 aliphatic heterocycles. The van der Waals surface area contributed by atoms with E-state index >= 15 is 0 Å². The van der Waals surface area contributed by atoms with Crippen molar-refractivity contribution < 1.29 is 26.0 Å². The van der Waals surface area contributed by atoms with E-state index in [1.807, 2.05) is 0 Å². The summed E-state index contributed by atoms with van der Waals surface area (Å²) in [5.41, 5.74) is 5.15. The van der Waals surface area contributed by atoms with E-state index in [1.54, 1.807) is 4.72 Å². The molecule has 0 aliphatic rings. The van der Waals surface area contributed by atoms with Crippen LogP contribution in [0.2, 0.25) is 0 Å². The predicted octanol–water partition coefficient (Wildman–Crippen LogP) is 0.596. The lowest BCUT2D eigenvalue weighted by molar-refractivity contribution is -0.121. The van der Waals surface area contributed by atoms with E-state index in [0.717, 1.165) is 6.07 Å². The Morgan fingerprint density at radius 1 is 1.29 bits per heavy atom. The minimum atomic E-state index is -4.69. The molecule has 0 atom stereocenters. The Hall–Kier alpha value is -1.72. The van der Waals surface area contributed by atoms with Crippen LogP contribution in [0.25, 0.3) is 0 Å². The fourth-order valence-corrected chi connectivity index (χ4v) is 2.06. The monoisotopic (exact) mass is 328 g/mol. The zero-order valence-electron chi connectivity index (χ0n) is 10.5. The van der Waals surface area contributed by atoms with Crippen molar-refractivity contribution in [3.63, 3.8) is 0 Å². The minimum absolute atomic E-state index is 0.0996. The molecule has 1 rings (SSSR count). The molecule has 6 nitrogen and oxygen atoms in total. The molecule has 118 valence electrons. The SMILES string of the molecule is N=C(N)c1ccc(CNS(=O)(=O)NCC(F)(F)F)c(F)c1. The number of hydrogen-bond acceptors (Lipinski definition) is 3. The van der Waals surface area contributed by atoms with Gasteiger partial charge in [-0.25, -0.2) is 4.39 Å². The van der Waals surface area contributed by atoms with Crippen LogP contribution in [0.4, 0.5) is 17.6 Å². The lowest BCUT2D eigenvalue weighted by Gasteiger charge is -2.11. The summed E-state index contributed by atoms with van der Waals surface area (Å²) in [6.07, 6.45) is -4.69. The van der Waals surface area contributed by atoms with E-state index in [1.165, 1.54) is 16.9 Å². The van der Waals surface area contributed by atoms with Gasteiger partial charge in [0.25, 0.3) is 10.2 Å². The largest absolute Gasteiger partial charge is 0.402 e. The van der Waals surface area contributed by atoms with Crippen LogP contribution < -0.4 is 15.2 Å². The number of amidine groups is 1. The van der Waals surface area contributed by atoms with E-state index in [0.29, 0.717) is 0 Å². The molecule has 0 heterocycles. The predicted molar refractivity (Wildman–Crippen MR) is 67.2 cm³/mol. The number of nitrogens with one attached hydrogen (secondary N) is 3. The smallest absolute Gasteiger partial charge is 0.384 e. The minimum Gasteiger partial charge on any atom is -0.384 e. The fraction of sp³-hybridized carbons (Fsp3) is 0.300. The molecular formula is C10H12F4N4O2S. The van der Waals surface area contributed by atoms with E-state index in [4.69, 9.17) is 11.1 Å². The molecule has 0 unspecified atom stereocenters. The molecule has 0 spiro atoms. The molecule has 0 radical (unpaired) electrons.